The maximum Gasteiger partial charge on any atom is 0.305 e. The van der Waals surface area contributed by atoms with Gasteiger partial charge in [-0.15, -0.1) is 0 Å². The molecule has 1 aliphatic rings. The van der Waals surface area contributed by atoms with Crippen molar-refractivity contribution in [2.75, 3.05) is 13.1 Å². The van der Waals surface area contributed by atoms with Gasteiger partial charge in [0.2, 0.25) is 35.4 Å². The van der Waals surface area contributed by atoms with Crippen LogP contribution in [0.15, 0.2) is 59.6 Å². The summed E-state index contributed by atoms with van der Waals surface area (Å²) in [5.41, 5.74) is 12.6. The van der Waals surface area contributed by atoms with E-state index in [0.717, 1.165) is 0 Å². The van der Waals surface area contributed by atoms with Crippen LogP contribution in [0.4, 0.5) is 0 Å². The van der Waals surface area contributed by atoms with Crippen molar-refractivity contribution in [1.29, 1.82) is 0 Å². The normalized spacial score (nSPS) is 19.7. The van der Waals surface area contributed by atoms with E-state index in [4.69, 9.17) is 16.6 Å². The van der Waals surface area contributed by atoms with Gasteiger partial charge in [-0.2, -0.15) is 0 Å². The molecule has 0 radical (unpaired) electrons. The van der Waals surface area contributed by atoms with Crippen LogP contribution in [0.25, 0.3) is 0 Å². The van der Waals surface area contributed by atoms with Crippen molar-refractivity contribution in [3.63, 3.8) is 0 Å². The fraction of sp³-hybridized carbons (Fsp3) is 0.400. The fourth-order valence-electron chi connectivity index (χ4n) is 5.32. The number of aliphatic carboxylic acids is 2. The molecule has 12 N–H and O–H groups in total. The first kappa shape index (κ1) is 41.9. The van der Waals surface area contributed by atoms with E-state index in [2.05, 4.69) is 36.9 Å². The summed E-state index contributed by atoms with van der Waals surface area (Å²) < 4.78 is 0. The average Bonchev–Trinajstić information content (AvgIpc) is 3.12. The lowest BCUT2D eigenvalue weighted by molar-refractivity contribution is -0.141. The second-order valence-corrected chi connectivity index (χ2v) is 12.4. The van der Waals surface area contributed by atoms with E-state index in [1.54, 1.807) is 54.6 Å². The summed E-state index contributed by atoms with van der Waals surface area (Å²) in [6.45, 7) is -0.444. The zero-order chi connectivity index (χ0) is 39.6. The van der Waals surface area contributed by atoms with E-state index in [0.29, 0.717) is 16.7 Å². The number of nitrogens with two attached hydrogens (primary N) is 2. The highest BCUT2D eigenvalue weighted by molar-refractivity contribution is 5.98. The van der Waals surface area contributed by atoms with Gasteiger partial charge in [0.1, 0.15) is 24.2 Å². The van der Waals surface area contributed by atoms with Crippen LogP contribution in [0.2, 0.25) is 0 Å². The number of aliphatic imine (C=N–C) groups is 1. The molecule has 1 fully saturated rings. The Labute approximate surface area is 310 Å². The van der Waals surface area contributed by atoms with E-state index < -0.39 is 84.5 Å². The van der Waals surface area contributed by atoms with Gasteiger partial charge in [-0.1, -0.05) is 54.6 Å². The van der Waals surface area contributed by atoms with Gasteiger partial charge in [0, 0.05) is 32.4 Å². The van der Waals surface area contributed by atoms with Crippen LogP contribution in [0.1, 0.15) is 48.8 Å². The topological polar surface area (TPSA) is 314 Å². The zero-order valence-electron chi connectivity index (χ0n) is 29.3. The second kappa shape index (κ2) is 21.1. The monoisotopic (exact) mass is 751 g/mol. The van der Waals surface area contributed by atoms with Gasteiger partial charge in [-0.05, 0) is 29.5 Å². The zero-order valence-corrected chi connectivity index (χ0v) is 29.3. The third-order valence-corrected chi connectivity index (χ3v) is 8.10. The Kier molecular flexibility index (Phi) is 16.4. The van der Waals surface area contributed by atoms with Gasteiger partial charge < -0.3 is 53.6 Å². The van der Waals surface area contributed by atoms with Crippen molar-refractivity contribution in [1.82, 2.24) is 31.9 Å². The minimum atomic E-state index is -1.62. The van der Waals surface area contributed by atoms with Gasteiger partial charge >= 0.3 is 11.9 Å². The molecule has 19 heteroatoms. The van der Waals surface area contributed by atoms with Crippen LogP contribution < -0.4 is 43.4 Å². The highest BCUT2D eigenvalue weighted by atomic mass is 16.4. The summed E-state index contributed by atoms with van der Waals surface area (Å²) in [6.07, 6.45) is -1.25. The van der Waals surface area contributed by atoms with Crippen molar-refractivity contribution < 1.29 is 48.6 Å². The number of carbonyl (C=O) groups is 8. The van der Waals surface area contributed by atoms with Crippen molar-refractivity contribution >= 4 is 53.3 Å². The molecule has 1 heterocycles. The van der Waals surface area contributed by atoms with Crippen molar-refractivity contribution in [3.05, 3.63) is 71.3 Å². The number of nitrogens with zero attached hydrogens (tertiary/aromatic N) is 1. The fourth-order valence-corrected chi connectivity index (χ4v) is 5.32. The van der Waals surface area contributed by atoms with Gasteiger partial charge in [0.25, 0.3) is 0 Å². The largest absolute Gasteiger partial charge is 0.481 e. The predicted octanol–water partition coefficient (Wildman–Crippen LogP) is -2.45. The third-order valence-electron chi connectivity index (χ3n) is 8.10. The molecule has 1 saturated heterocycles. The standard InChI is InChI=1S/C35H45N9O10/c36-35(37)38-14-4-7-23-31(51)40-19-28(46)41-26(17-30(49)50)34(54)44-24(15-20-5-2-1-3-6-20)33(53)43-25(32(52)42-23)16-21-8-10-22(11-9-21)18-39-27(45)12-13-29(47)48/h1-3,5-6,8-11,23-26H,4,7,12-19H2,(H,39,45)(H,40,51)(H,41,46)(H,42,52)(H,43,53)(H,44,54)(H,47,48)(H,49,50)(H4,36,37,38)/t23-,24+,25-,26-/m0/s1. The Hall–Kier alpha value is -6.53. The molecule has 0 unspecified atom stereocenters. The van der Waals surface area contributed by atoms with Gasteiger partial charge in [0.15, 0.2) is 5.96 Å². The lowest BCUT2D eigenvalue weighted by Crippen LogP contribution is -2.58. The minimum absolute atomic E-state index is 0.0157. The number of carboxylic acid groups (broad SMARTS) is 2. The Balaban J connectivity index is 1.95. The molecule has 19 nitrogen and oxygen atoms in total. The molecule has 0 saturated carbocycles. The van der Waals surface area contributed by atoms with Crippen LogP contribution in [0.3, 0.4) is 0 Å². The van der Waals surface area contributed by atoms with Crippen LogP contribution in [-0.4, -0.2) is 101 Å². The number of rotatable bonds is 15. The number of amides is 6. The Morgan fingerprint density at radius 1 is 0.685 bits per heavy atom. The second-order valence-electron chi connectivity index (χ2n) is 12.4. The molecule has 1 aliphatic heterocycles. The summed E-state index contributed by atoms with van der Waals surface area (Å²) in [4.78, 5) is 106. The van der Waals surface area contributed by atoms with Crippen molar-refractivity contribution in [3.8, 4) is 0 Å². The summed E-state index contributed by atoms with van der Waals surface area (Å²) in [6, 6.07) is 9.74. The molecule has 0 bridgehead atoms. The molecular formula is C35H45N9O10. The van der Waals surface area contributed by atoms with Crippen molar-refractivity contribution in [2.24, 2.45) is 16.5 Å². The first-order valence-corrected chi connectivity index (χ1v) is 17.1. The summed E-state index contributed by atoms with van der Waals surface area (Å²) in [5, 5.41) is 33.4. The SMILES string of the molecule is NC(N)=NCCC[C@@H]1NC(=O)[C@H](Cc2ccc(CNC(=O)CCC(=O)O)cc2)NC(=O)[C@@H](Cc2ccccc2)NC(=O)[C@H](CC(=O)O)NC(=O)CNC1=O. The number of hydrogen-bond donors (Lipinski definition) is 10. The molecule has 290 valence electrons. The molecular weight excluding hydrogens is 706 g/mol. The van der Waals surface area contributed by atoms with E-state index in [-0.39, 0.29) is 57.6 Å². The Morgan fingerprint density at radius 2 is 1.24 bits per heavy atom. The highest BCUT2D eigenvalue weighted by Crippen LogP contribution is 2.11. The molecule has 3 rings (SSSR count). The molecule has 4 atom stereocenters. The van der Waals surface area contributed by atoms with E-state index in [1.807, 2.05) is 0 Å². The summed E-state index contributed by atoms with van der Waals surface area (Å²) in [7, 11) is 0. The summed E-state index contributed by atoms with van der Waals surface area (Å²) in [5.74, 6) is -7.36. The predicted molar refractivity (Wildman–Crippen MR) is 192 cm³/mol. The van der Waals surface area contributed by atoms with E-state index in [1.165, 1.54) is 0 Å². The van der Waals surface area contributed by atoms with E-state index >= 15 is 0 Å². The van der Waals surface area contributed by atoms with Crippen molar-refractivity contribution in [2.45, 2.75) is 75.7 Å². The maximum atomic E-state index is 14.0. The van der Waals surface area contributed by atoms with Gasteiger partial charge in [-0.25, -0.2) is 0 Å². The molecule has 54 heavy (non-hydrogen) atoms. The minimum Gasteiger partial charge on any atom is -0.481 e. The number of carboxylic acids is 2. The number of benzene rings is 2. The lowest BCUT2D eigenvalue weighted by Gasteiger charge is -2.26. The number of nitrogens with one attached hydrogen (secondary N) is 6. The number of hydrogen-bond acceptors (Lipinski definition) is 9. The maximum absolute atomic E-state index is 14.0. The van der Waals surface area contributed by atoms with Crippen LogP contribution in [-0.2, 0) is 57.7 Å². The van der Waals surface area contributed by atoms with Crippen LogP contribution in [0, 0.1) is 0 Å². The smallest absolute Gasteiger partial charge is 0.305 e. The lowest BCUT2D eigenvalue weighted by atomic mass is 10.0. The molecule has 0 spiro atoms. The molecule has 0 aliphatic carbocycles. The van der Waals surface area contributed by atoms with Crippen LogP contribution in [0.5, 0.6) is 0 Å². The first-order valence-electron chi connectivity index (χ1n) is 17.1. The highest BCUT2D eigenvalue weighted by Gasteiger charge is 2.33. The first-order chi connectivity index (χ1) is 25.7. The molecule has 2 aromatic rings. The van der Waals surface area contributed by atoms with Gasteiger partial charge in [-0.3, -0.25) is 43.3 Å². The van der Waals surface area contributed by atoms with E-state index in [9.17, 15) is 43.5 Å². The third kappa shape index (κ3) is 15.0. The van der Waals surface area contributed by atoms with Crippen LogP contribution >= 0.6 is 0 Å². The summed E-state index contributed by atoms with van der Waals surface area (Å²) >= 11 is 0. The molecule has 6 amide bonds. The molecule has 2 aromatic carbocycles. The Bertz CT molecular complexity index is 1700. The quantitative estimate of drug-likeness (QED) is 0.0515. The number of carbonyl (C=O) groups excluding carboxylic acids is 6. The molecule has 0 aromatic heterocycles. The van der Waals surface area contributed by atoms with Gasteiger partial charge in [0.05, 0.1) is 19.4 Å². The number of guanidine groups is 1. The average molecular weight is 752 g/mol. The Morgan fingerprint density at radius 3 is 1.81 bits per heavy atom.